The first-order valence-electron chi connectivity index (χ1n) is 8.85. The molecule has 0 aliphatic rings. The lowest BCUT2D eigenvalue weighted by Gasteiger charge is -2.06. The van der Waals surface area contributed by atoms with E-state index in [9.17, 15) is 9.59 Å². The van der Waals surface area contributed by atoms with Gasteiger partial charge in [-0.3, -0.25) is 0 Å². The molecule has 6 nitrogen and oxygen atoms in total. The van der Waals surface area contributed by atoms with Gasteiger partial charge in [0.1, 0.15) is 0 Å². The molecular weight excluding hydrogens is 324 g/mol. The summed E-state index contributed by atoms with van der Waals surface area (Å²) in [5.74, 6) is -0.715. The second kappa shape index (κ2) is 17.2. The first-order chi connectivity index (χ1) is 12.1. The molecule has 0 aromatic carbocycles. The minimum Gasteiger partial charge on any atom is -0.463 e. The molecule has 0 bridgehead atoms. The van der Waals surface area contributed by atoms with Crippen LogP contribution in [0.4, 0.5) is 0 Å². The van der Waals surface area contributed by atoms with Gasteiger partial charge in [-0.1, -0.05) is 13.2 Å². The highest BCUT2D eigenvalue weighted by Gasteiger charge is 2.01. The highest BCUT2D eigenvalue weighted by Crippen LogP contribution is 1.99. The summed E-state index contributed by atoms with van der Waals surface area (Å²) < 4.78 is 20.9. The van der Waals surface area contributed by atoms with Crippen LogP contribution < -0.4 is 0 Å². The van der Waals surface area contributed by atoms with Crippen molar-refractivity contribution in [3.05, 3.63) is 24.8 Å². The van der Waals surface area contributed by atoms with Crippen molar-refractivity contribution in [2.24, 2.45) is 0 Å². The second-order valence-corrected chi connectivity index (χ2v) is 5.63. The Kier molecular flexibility index (Phi) is 16.0. The van der Waals surface area contributed by atoms with Crippen molar-refractivity contribution >= 4 is 11.9 Å². The Hall–Kier alpha value is -1.66. The van der Waals surface area contributed by atoms with Crippen molar-refractivity contribution in [3.8, 4) is 0 Å². The fourth-order valence-corrected chi connectivity index (χ4v) is 1.74. The van der Waals surface area contributed by atoms with Gasteiger partial charge in [0.15, 0.2) is 0 Å². The number of rotatable bonds is 17. The van der Waals surface area contributed by atoms with Crippen molar-refractivity contribution in [1.29, 1.82) is 0 Å². The molecule has 0 heterocycles. The van der Waals surface area contributed by atoms with E-state index in [1.54, 1.807) is 6.92 Å². The molecule has 0 aliphatic carbocycles. The minimum absolute atomic E-state index is 0.335. The summed E-state index contributed by atoms with van der Waals surface area (Å²) in [7, 11) is 0. The number of carbonyl (C=O) groups excluding carboxylic acids is 2. The van der Waals surface area contributed by atoms with Crippen LogP contribution in [-0.4, -0.2) is 51.6 Å². The van der Waals surface area contributed by atoms with Gasteiger partial charge in [-0.05, 0) is 45.4 Å². The van der Waals surface area contributed by atoms with E-state index in [-0.39, 0.29) is 11.9 Å². The summed E-state index contributed by atoms with van der Waals surface area (Å²) in [6.45, 7) is 12.1. The Morgan fingerprint density at radius 2 is 1.16 bits per heavy atom. The van der Waals surface area contributed by atoms with E-state index in [0.717, 1.165) is 44.6 Å². The number of carbonyl (C=O) groups is 2. The normalized spacial score (nSPS) is 10.3. The van der Waals surface area contributed by atoms with E-state index >= 15 is 0 Å². The van der Waals surface area contributed by atoms with Crippen LogP contribution in [0.25, 0.3) is 0 Å². The molecule has 0 saturated heterocycles. The molecule has 0 aromatic rings. The molecule has 0 aliphatic heterocycles. The lowest BCUT2D eigenvalue weighted by atomic mass is 10.3. The summed E-state index contributed by atoms with van der Waals surface area (Å²) in [5.41, 5.74) is 0.426. The van der Waals surface area contributed by atoms with Crippen molar-refractivity contribution in [2.75, 3.05) is 39.6 Å². The zero-order valence-electron chi connectivity index (χ0n) is 15.4. The Balaban J connectivity index is 3.12. The Morgan fingerprint density at radius 3 is 1.56 bits per heavy atom. The maximum Gasteiger partial charge on any atom is 0.333 e. The van der Waals surface area contributed by atoms with E-state index in [1.807, 2.05) is 0 Å². The fraction of sp³-hybridized carbons (Fsp3) is 0.684. The van der Waals surface area contributed by atoms with Crippen molar-refractivity contribution in [2.45, 2.75) is 45.4 Å². The van der Waals surface area contributed by atoms with E-state index in [4.69, 9.17) is 18.9 Å². The van der Waals surface area contributed by atoms with E-state index in [0.29, 0.717) is 45.2 Å². The summed E-state index contributed by atoms with van der Waals surface area (Å²) in [6.07, 6.45) is 6.42. The van der Waals surface area contributed by atoms with Crippen LogP contribution in [0.1, 0.15) is 45.4 Å². The number of esters is 2. The van der Waals surface area contributed by atoms with Crippen molar-refractivity contribution < 1.29 is 28.5 Å². The standard InChI is InChI=1S/C19H32O6/c1-4-18(20)24-15-9-7-13-22-11-5-6-12-23-14-8-10-16-25-19(21)17(2)3/h4H,1-2,5-16H2,3H3. The molecule has 0 N–H and O–H groups in total. The third-order valence-electron chi connectivity index (χ3n) is 3.19. The first kappa shape index (κ1) is 23.3. The van der Waals surface area contributed by atoms with Crippen molar-refractivity contribution in [3.63, 3.8) is 0 Å². The lowest BCUT2D eigenvalue weighted by molar-refractivity contribution is -0.139. The summed E-state index contributed by atoms with van der Waals surface area (Å²) in [5, 5.41) is 0. The maximum atomic E-state index is 11.1. The van der Waals surface area contributed by atoms with Crippen LogP contribution in [-0.2, 0) is 28.5 Å². The quantitative estimate of drug-likeness (QED) is 0.226. The maximum absolute atomic E-state index is 11.1. The third-order valence-corrected chi connectivity index (χ3v) is 3.19. The molecular formula is C19H32O6. The summed E-state index contributed by atoms with van der Waals surface area (Å²) in [6, 6.07) is 0. The predicted octanol–water partition coefficient (Wildman–Crippen LogP) is 3.21. The topological polar surface area (TPSA) is 71.1 Å². The highest BCUT2D eigenvalue weighted by atomic mass is 16.5. The molecule has 0 atom stereocenters. The molecule has 144 valence electrons. The molecule has 0 rings (SSSR count). The van der Waals surface area contributed by atoms with Gasteiger partial charge in [0, 0.05) is 38.1 Å². The molecule has 0 spiro atoms. The lowest BCUT2D eigenvalue weighted by Crippen LogP contribution is -2.07. The van der Waals surface area contributed by atoms with Gasteiger partial charge in [0.05, 0.1) is 13.2 Å². The number of unbranched alkanes of at least 4 members (excludes halogenated alkanes) is 3. The van der Waals surface area contributed by atoms with Crippen molar-refractivity contribution in [1.82, 2.24) is 0 Å². The van der Waals surface area contributed by atoms with Crippen LogP contribution in [0, 0.1) is 0 Å². The van der Waals surface area contributed by atoms with Gasteiger partial charge in [-0.25, -0.2) is 9.59 Å². The SMILES string of the molecule is C=CC(=O)OCCCCOCCCCOCCCCOC(=O)C(=C)C. The largest absolute Gasteiger partial charge is 0.463 e. The van der Waals surface area contributed by atoms with Gasteiger partial charge in [0.25, 0.3) is 0 Å². The molecule has 0 unspecified atom stereocenters. The van der Waals surface area contributed by atoms with Gasteiger partial charge < -0.3 is 18.9 Å². The molecule has 0 fully saturated rings. The zero-order chi connectivity index (χ0) is 18.8. The smallest absolute Gasteiger partial charge is 0.333 e. The molecule has 0 radical (unpaired) electrons. The van der Waals surface area contributed by atoms with Gasteiger partial charge in [-0.2, -0.15) is 0 Å². The third kappa shape index (κ3) is 17.0. The van der Waals surface area contributed by atoms with Crippen LogP contribution in [0.15, 0.2) is 24.8 Å². The zero-order valence-corrected chi connectivity index (χ0v) is 15.4. The van der Waals surface area contributed by atoms with E-state index < -0.39 is 0 Å². The average Bonchev–Trinajstić information content (AvgIpc) is 2.60. The highest BCUT2D eigenvalue weighted by molar-refractivity contribution is 5.86. The van der Waals surface area contributed by atoms with Gasteiger partial charge in [-0.15, -0.1) is 0 Å². The van der Waals surface area contributed by atoms with Crippen LogP contribution in [0.3, 0.4) is 0 Å². The Morgan fingerprint density at radius 1 is 0.760 bits per heavy atom. The fourth-order valence-electron chi connectivity index (χ4n) is 1.74. The number of hydrogen-bond donors (Lipinski definition) is 0. The number of hydrogen-bond acceptors (Lipinski definition) is 6. The van der Waals surface area contributed by atoms with Gasteiger partial charge in [0.2, 0.25) is 0 Å². The molecule has 6 heteroatoms. The first-order valence-corrected chi connectivity index (χ1v) is 8.85. The minimum atomic E-state index is -0.381. The monoisotopic (exact) mass is 356 g/mol. The van der Waals surface area contributed by atoms with Crippen LogP contribution >= 0.6 is 0 Å². The summed E-state index contributed by atoms with van der Waals surface area (Å²) >= 11 is 0. The van der Waals surface area contributed by atoms with Gasteiger partial charge >= 0.3 is 11.9 Å². The Labute approximate surface area is 151 Å². The molecule has 25 heavy (non-hydrogen) atoms. The predicted molar refractivity (Wildman–Crippen MR) is 96.3 cm³/mol. The molecule has 0 saturated carbocycles. The van der Waals surface area contributed by atoms with E-state index in [2.05, 4.69) is 13.2 Å². The van der Waals surface area contributed by atoms with Crippen LogP contribution in [0.5, 0.6) is 0 Å². The second-order valence-electron chi connectivity index (χ2n) is 5.63. The molecule has 0 aromatic heterocycles. The molecule has 0 amide bonds. The summed E-state index contributed by atoms with van der Waals surface area (Å²) in [4.78, 5) is 21.9. The van der Waals surface area contributed by atoms with E-state index in [1.165, 1.54) is 0 Å². The Bertz CT molecular complexity index is 391. The van der Waals surface area contributed by atoms with Crippen LogP contribution in [0.2, 0.25) is 0 Å². The number of ether oxygens (including phenoxy) is 4. The average molecular weight is 356 g/mol.